The van der Waals surface area contributed by atoms with Gasteiger partial charge in [-0.3, -0.25) is 4.68 Å². The van der Waals surface area contributed by atoms with E-state index in [2.05, 4.69) is 10.3 Å². The average Bonchev–Trinajstić information content (AvgIpc) is 2.83. The molecule has 0 bridgehead atoms. The fourth-order valence-electron chi connectivity index (χ4n) is 1.68. The topological polar surface area (TPSA) is 66.2 Å². The van der Waals surface area contributed by atoms with Crippen LogP contribution in [-0.4, -0.2) is 28.1 Å². The van der Waals surface area contributed by atoms with E-state index in [1.54, 1.807) is 37.2 Å². The van der Waals surface area contributed by atoms with Gasteiger partial charge in [-0.05, 0) is 11.6 Å². The number of nitrogens with zero attached hydrogens (tertiary/aromatic N) is 3. The standard InChI is InChI=1S/C13H15N3O3/c1-16-7-11(14-15-16)9-19-13(17)12-6-4-3-5-10(12)8-18-2/h3-7H,8-9H2,1-2H3. The Kier molecular flexibility index (Phi) is 4.25. The van der Waals surface area contributed by atoms with Gasteiger partial charge in [0.25, 0.3) is 0 Å². The highest BCUT2D eigenvalue weighted by molar-refractivity contribution is 5.91. The number of esters is 1. The number of carbonyl (C=O) groups is 1. The monoisotopic (exact) mass is 261 g/mol. The molecule has 0 aliphatic heterocycles. The summed E-state index contributed by atoms with van der Waals surface area (Å²) in [5.41, 5.74) is 1.92. The lowest BCUT2D eigenvalue weighted by atomic mass is 10.1. The number of hydrogen-bond acceptors (Lipinski definition) is 5. The lowest BCUT2D eigenvalue weighted by Crippen LogP contribution is -2.09. The van der Waals surface area contributed by atoms with Crippen molar-refractivity contribution >= 4 is 5.97 Å². The third kappa shape index (κ3) is 3.38. The first kappa shape index (κ1) is 13.2. The van der Waals surface area contributed by atoms with Crippen LogP contribution in [0.1, 0.15) is 21.6 Å². The molecule has 1 heterocycles. The lowest BCUT2D eigenvalue weighted by Gasteiger charge is -2.07. The van der Waals surface area contributed by atoms with E-state index in [1.165, 1.54) is 0 Å². The highest BCUT2D eigenvalue weighted by Gasteiger charge is 2.12. The summed E-state index contributed by atoms with van der Waals surface area (Å²) in [6, 6.07) is 7.20. The van der Waals surface area contributed by atoms with E-state index in [9.17, 15) is 4.79 Å². The molecular weight excluding hydrogens is 246 g/mol. The highest BCUT2D eigenvalue weighted by Crippen LogP contribution is 2.12. The molecule has 0 saturated carbocycles. The number of benzene rings is 1. The van der Waals surface area contributed by atoms with E-state index in [1.807, 2.05) is 12.1 Å². The van der Waals surface area contributed by atoms with Crippen LogP contribution in [0.5, 0.6) is 0 Å². The number of methoxy groups -OCH3 is 1. The quantitative estimate of drug-likeness (QED) is 0.759. The summed E-state index contributed by atoms with van der Waals surface area (Å²) in [5.74, 6) is -0.390. The zero-order valence-corrected chi connectivity index (χ0v) is 10.9. The molecule has 19 heavy (non-hydrogen) atoms. The predicted molar refractivity (Wildman–Crippen MR) is 67.3 cm³/mol. The summed E-state index contributed by atoms with van der Waals surface area (Å²) < 4.78 is 11.8. The SMILES string of the molecule is COCc1ccccc1C(=O)OCc1cn(C)nn1. The lowest BCUT2D eigenvalue weighted by molar-refractivity contribution is 0.0463. The first-order chi connectivity index (χ1) is 9.20. The largest absolute Gasteiger partial charge is 0.455 e. The van der Waals surface area contributed by atoms with Gasteiger partial charge in [-0.25, -0.2) is 4.79 Å². The molecule has 2 rings (SSSR count). The number of aryl methyl sites for hydroxylation is 1. The molecule has 100 valence electrons. The second kappa shape index (κ2) is 6.10. The summed E-state index contributed by atoms with van der Waals surface area (Å²) in [4.78, 5) is 12.0. The Morgan fingerprint density at radius 3 is 2.79 bits per heavy atom. The van der Waals surface area contributed by atoms with Crippen molar-refractivity contribution in [2.45, 2.75) is 13.2 Å². The first-order valence-electron chi connectivity index (χ1n) is 5.80. The molecule has 0 aliphatic rings. The van der Waals surface area contributed by atoms with E-state index in [0.717, 1.165) is 5.56 Å². The van der Waals surface area contributed by atoms with Crippen molar-refractivity contribution < 1.29 is 14.3 Å². The van der Waals surface area contributed by atoms with Crippen molar-refractivity contribution in [2.24, 2.45) is 7.05 Å². The van der Waals surface area contributed by atoms with Gasteiger partial charge in [-0.15, -0.1) is 5.10 Å². The van der Waals surface area contributed by atoms with E-state index >= 15 is 0 Å². The third-order valence-electron chi connectivity index (χ3n) is 2.54. The molecular formula is C13H15N3O3. The Morgan fingerprint density at radius 2 is 2.11 bits per heavy atom. The van der Waals surface area contributed by atoms with Crippen molar-refractivity contribution in [1.82, 2.24) is 15.0 Å². The minimum Gasteiger partial charge on any atom is -0.455 e. The maximum Gasteiger partial charge on any atom is 0.338 e. The molecule has 0 spiro atoms. The van der Waals surface area contributed by atoms with Gasteiger partial charge in [0, 0.05) is 14.2 Å². The Labute approximate surface area is 110 Å². The van der Waals surface area contributed by atoms with Gasteiger partial charge in [0.1, 0.15) is 12.3 Å². The summed E-state index contributed by atoms with van der Waals surface area (Å²) >= 11 is 0. The Morgan fingerprint density at radius 1 is 1.32 bits per heavy atom. The molecule has 6 nitrogen and oxygen atoms in total. The summed E-state index contributed by atoms with van der Waals surface area (Å²) in [6.07, 6.45) is 1.70. The maximum atomic E-state index is 12.0. The van der Waals surface area contributed by atoms with Crippen LogP contribution in [0.2, 0.25) is 0 Å². The predicted octanol–water partition coefficient (Wildman–Crippen LogP) is 1.32. The van der Waals surface area contributed by atoms with Crippen LogP contribution in [0.4, 0.5) is 0 Å². The van der Waals surface area contributed by atoms with Crippen LogP contribution in [-0.2, 0) is 29.7 Å². The number of rotatable bonds is 5. The van der Waals surface area contributed by atoms with Gasteiger partial charge in [-0.1, -0.05) is 23.4 Å². The maximum absolute atomic E-state index is 12.0. The van der Waals surface area contributed by atoms with Crippen LogP contribution < -0.4 is 0 Å². The van der Waals surface area contributed by atoms with E-state index < -0.39 is 5.97 Å². The van der Waals surface area contributed by atoms with Gasteiger partial charge >= 0.3 is 5.97 Å². The smallest absolute Gasteiger partial charge is 0.338 e. The molecule has 0 radical (unpaired) electrons. The van der Waals surface area contributed by atoms with Gasteiger partial charge in [0.2, 0.25) is 0 Å². The molecule has 0 atom stereocenters. The van der Waals surface area contributed by atoms with E-state index in [0.29, 0.717) is 17.9 Å². The molecule has 0 N–H and O–H groups in total. The second-order valence-corrected chi connectivity index (χ2v) is 4.05. The van der Waals surface area contributed by atoms with Gasteiger partial charge < -0.3 is 9.47 Å². The number of carbonyl (C=O) groups excluding carboxylic acids is 1. The molecule has 0 amide bonds. The zero-order chi connectivity index (χ0) is 13.7. The Bertz CT molecular complexity index is 566. The fraction of sp³-hybridized carbons (Fsp3) is 0.308. The van der Waals surface area contributed by atoms with Gasteiger partial charge in [-0.2, -0.15) is 0 Å². The van der Waals surface area contributed by atoms with Crippen molar-refractivity contribution in [2.75, 3.05) is 7.11 Å². The molecule has 0 fully saturated rings. The molecule has 0 saturated heterocycles. The number of ether oxygens (including phenoxy) is 2. The molecule has 2 aromatic rings. The third-order valence-corrected chi connectivity index (χ3v) is 2.54. The molecule has 1 aromatic carbocycles. The van der Waals surface area contributed by atoms with E-state index in [-0.39, 0.29) is 6.61 Å². The number of hydrogen-bond donors (Lipinski definition) is 0. The fourth-order valence-corrected chi connectivity index (χ4v) is 1.68. The zero-order valence-electron chi connectivity index (χ0n) is 10.9. The summed E-state index contributed by atoms with van der Waals surface area (Å²) in [7, 11) is 3.34. The Hall–Kier alpha value is -2.21. The first-order valence-corrected chi connectivity index (χ1v) is 5.80. The van der Waals surface area contributed by atoms with Crippen molar-refractivity contribution in [1.29, 1.82) is 0 Å². The highest BCUT2D eigenvalue weighted by atomic mass is 16.5. The number of aromatic nitrogens is 3. The minimum absolute atomic E-state index is 0.105. The Balaban J connectivity index is 2.03. The van der Waals surface area contributed by atoms with E-state index in [4.69, 9.17) is 9.47 Å². The molecule has 0 aliphatic carbocycles. The van der Waals surface area contributed by atoms with Crippen LogP contribution in [0.3, 0.4) is 0 Å². The normalized spacial score (nSPS) is 10.4. The van der Waals surface area contributed by atoms with Crippen LogP contribution in [0.25, 0.3) is 0 Å². The molecule has 0 unspecified atom stereocenters. The van der Waals surface area contributed by atoms with Crippen LogP contribution in [0, 0.1) is 0 Å². The average molecular weight is 261 g/mol. The van der Waals surface area contributed by atoms with Crippen molar-refractivity contribution in [3.63, 3.8) is 0 Å². The van der Waals surface area contributed by atoms with Gasteiger partial charge in [0.05, 0.1) is 18.4 Å². The molecule has 1 aromatic heterocycles. The molecule has 6 heteroatoms. The summed E-state index contributed by atoms with van der Waals surface area (Å²) in [6.45, 7) is 0.477. The van der Waals surface area contributed by atoms with Crippen LogP contribution in [0.15, 0.2) is 30.5 Å². The van der Waals surface area contributed by atoms with Crippen LogP contribution >= 0.6 is 0 Å². The minimum atomic E-state index is -0.390. The summed E-state index contributed by atoms with van der Waals surface area (Å²) in [5, 5.41) is 7.62. The van der Waals surface area contributed by atoms with Crippen molar-refractivity contribution in [3.05, 3.63) is 47.3 Å². The van der Waals surface area contributed by atoms with Gasteiger partial charge in [0.15, 0.2) is 0 Å². The van der Waals surface area contributed by atoms with Crippen molar-refractivity contribution in [3.8, 4) is 0 Å². The second-order valence-electron chi connectivity index (χ2n) is 4.05.